The molecule has 1 N–H and O–H groups in total. The number of rotatable bonds is 6. The Morgan fingerprint density at radius 1 is 0.833 bits per heavy atom. The third-order valence-corrected chi connectivity index (χ3v) is 10.7. The number of hydrogen-bond acceptors (Lipinski definition) is 7. The van der Waals surface area contributed by atoms with E-state index >= 15 is 0 Å². The highest BCUT2D eigenvalue weighted by Gasteiger charge is 2.57. The lowest BCUT2D eigenvalue weighted by Gasteiger charge is -2.31. The van der Waals surface area contributed by atoms with Crippen molar-refractivity contribution in [3.05, 3.63) is 104 Å². The van der Waals surface area contributed by atoms with Crippen LogP contribution in [0.2, 0.25) is 0 Å². The van der Waals surface area contributed by atoms with E-state index in [4.69, 9.17) is 0 Å². The van der Waals surface area contributed by atoms with Crippen LogP contribution in [-0.4, -0.2) is 41.6 Å². The normalized spacial score (nSPS) is 19.2. The first-order valence-electron chi connectivity index (χ1n) is 14.3. The molecule has 0 saturated carbocycles. The van der Waals surface area contributed by atoms with E-state index in [9.17, 15) is 45.5 Å². The van der Waals surface area contributed by atoms with Gasteiger partial charge in [0, 0.05) is 30.6 Å². The second-order valence-electron chi connectivity index (χ2n) is 11.3. The SMILES string of the molecule is CN(C)c1ccc(C2c3sc(=O)n(CC(=O)Nc4ccccc4C(F)(F)F)c3SC3C(=O)N(c4ccccc4C(F)(F)F)C(=O)C32)cc1. The van der Waals surface area contributed by atoms with E-state index in [0.29, 0.717) is 26.7 Å². The van der Waals surface area contributed by atoms with Crippen LogP contribution in [0.3, 0.4) is 0 Å². The number of imide groups is 1. The lowest BCUT2D eigenvalue weighted by Crippen LogP contribution is -2.33. The molecule has 4 aromatic rings. The summed E-state index contributed by atoms with van der Waals surface area (Å²) in [6.45, 7) is -0.726. The minimum atomic E-state index is -4.88. The maximum atomic E-state index is 14.1. The zero-order valence-corrected chi connectivity index (χ0v) is 26.6. The van der Waals surface area contributed by atoms with Crippen LogP contribution in [0.1, 0.15) is 27.5 Å². The number of nitrogens with zero attached hydrogens (tertiary/aromatic N) is 3. The highest BCUT2D eigenvalue weighted by atomic mass is 32.2. The number of para-hydroxylation sites is 2. The Labute approximate surface area is 277 Å². The zero-order chi connectivity index (χ0) is 34.7. The summed E-state index contributed by atoms with van der Waals surface area (Å²) in [4.78, 5) is 56.4. The molecule has 0 radical (unpaired) electrons. The molecule has 48 heavy (non-hydrogen) atoms. The van der Waals surface area contributed by atoms with Gasteiger partial charge in [-0.2, -0.15) is 26.3 Å². The number of halogens is 6. The Kier molecular flexibility index (Phi) is 8.44. The summed E-state index contributed by atoms with van der Waals surface area (Å²) >= 11 is 1.47. The van der Waals surface area contributed by atoms with Crippen LogP contribution < -0.4 is 20.0 Å². The van der Waals surface area contributed by atoms with Crippen molar-refractivity contribution < 1.29 is 40.7 Å². The maximum absolute atomic E-state index is 14.1. The Morgan fingerprint density at radius 2 is 1.44 bits per heavy atom. The van der Waals surface area contributed by atoms with Crippen LogP contribution in [0.15, 0.2) is 82.6 Å². The smallest absolute Gasteiger partial charge is 0.378 e. The molecule has 3 unspecified atom stereocenters. The molecule has 8 nitrogen and oxygen atoms in total. The Balaban J connectivity index is 1.43. The van der Waals surface area contributed by atoms with Crippen molar-refractivity contribution in [3.8, 4) is 0 Å². The molecular weight excluding hydrogens is 682 g/mol. The fourth-order valence-corrected chi connectivity index (χ4v) is 8.69. The molecule has 16 heteroatoms. The summed E-state index contributed by atoms with van der Waals surface area (Å²) in [5.41, 5.74) is -2.12. The number of anilines is 3. The van der Waals surface area contributed by atoms with Gasteiger partial charge in [-0.3, -0.25) is 23.7 Å². The van der Waals surface area contributed by atoms with Crippen molar-refractivity contribution in [2.75, 3.05) is 29.2 Å². The first kappa shape index (κ1) is 33.3. The predicted octanol–water partition coefficient (Wildman–Crippen LogP) is 6.45. The highest BCUT2D eigenvalue weighted by Crippen LogP contribution is 2.54. The molecular formula is C32H24F6N4O4S2. The monoisotopic (exact) mass is 706 g/mol. The van der Waals surface area contributed by atoms with Gasteiger partial charge >= 0.3 is 17.2 Å². The molecule has 0 bridgehead atoms. The van der Waals surface area contributed by atoms with Gasteiger partial charge in [-0.1, -0.05) is 59.5 Å². The van der Waals surface area contributed by atoms with Gasteiger partial charge in [0.2, 0.25) is 17.7 Å². The van der Waals surface area contributed by atoms with Gasteiger partial charge in [0.15, 0.2) is 0 Å². The van der Waals surface area contributed by atoms with Crippen LogP contribution in [0.4, 0.5) is 43.4 Å². The van der Waals surface area contributed by atoms with Crippen LogP contribution in [0.25, 0.3) is 0 Å². The number of thioether (sulfide) groups is 1. The van der Waals surface area contributed by atoms with E-state index in [1.54, 1.807) is 38.4 Å². The second-order valence-corrected chi connectivity index (χ2v) is 13.4. The van der Waals surface area contributed by atoms with Crippen molar-refractivity contribution in [2.24, 2.45) is 5.92 Å². The van der Waals surface area contributed by atoms with Crippen LogP contribution >= 0.6 is 23.1 Å². The summed E-state index contributed by atoms with van der Waals surface area (Å²) < 4.78 is 83.6. The van der Waals surface area contributed by atoms with Gasteiger partial charge in [0.25, 0.3) is 0 Å². The predicted molar refractivity (Wildman–Crippen MR) is 168 cm³/mol. The number of carbonyl (C=O) groups excluding carboxylic acids is 3. The molecule has 1 aromatic heterocycles. The first-order valence-corrected chi connectivity index (χ1v) is 15.9. The van der Waals surface area contributed by atoms with Crippen molar-refractivity contribution >= 4 is 57.9 Å². The Hall–Kier alpha value is -4.57. The van der Waals surface area contributed by atoms with E-state index in [1.165, 1.54) is 12.1 Å². The lowest BCUT2D eigenvalue weighted by molar-refractivity contribution is -0.138. The van der Waals surface area contributed by atoms with E-state index in [-0.39, 0.29) is 5.03 Å². The van der Waals surface area contributed by atoms with Crippen LogP contribution in [0, 0.1) is 5.92 Å². The third-order valence-electron chi connectivity index (χ3n) is 8.08. The summed E-state index contributed by atoms with van der Waals surface area (Å²) in [7, 11) is 3.61. The van der Waals surface area contributed by atoms with E-state index in [1.807, 2.05) is 4.90 Å². The topological polar surface area (TPSA) is 91.7 Å². The number of aromatic nitrogens is 1. The summed E-state index contributed by atoms with van der Waals surface area (Å²) in [6, 6.07) is 15.4. The molecule has 2 aliphatic rings. The number of amides is 3. The average Bonchev–Trinajstić information content (AvgIpc) is 3.46. The molecule has 0 aliphatic carbocycles. The van der Waals surface area contributed by atoms with E-state index in [0.717, 1.165) is 58.4 Å². The van der Waals surface area contributed by atoms with E-state index in [2.05, 4.69) is 5.32 Å². The van der Waals surface area contributed by atoms with Crippen molar-refractivity contribution in [1.29, 1.82) is 0 Å². The van der Waals surface area contributed by atoms with Gasteiger partial charge in [0.05, 0.1) is 33.4 Å². The summed E-state index contributed by atoms with van der Waals surface area (Å²) in [6.07, 6.45) is -9.65. The lowest BCUT2D eigenvalue weighted by atomic mass is 9.83. The molecule has 2 aliphatic heterocycles. The molecule has 3 aromatic carbocycles. The minimum absolute atomic E-state index is 0.124. The Morgan fingerprint density at radius 3 is 2.06 bits per heavy atom. The van der Waals surface area contributed by atoms with Gasteiger partial charge in [-0.15, -0.1) is 0 Å². The van der Waals surface area contributed by atoms with Crippen molar-refractivity contribution in [1.82, 2.24) is 4.57 Å². The second kappa shape index (κ2) is 12.1. The largest absolute Gasteiger partial charge is 0.418 e. The third kappa shape index (κ3) is 5.87. The van der Waals surface area contributed by atoms with E-state index < -0.39 is 81.1 Å². The number of fused-ring (bicyclic) bond motifs is 2. The van der Waals surface area contributed by atoms with Crippen LogP contribution in [0.5, 0.6) is 0 Å². The molecule has 6 rings (SSSR count). The van der Waals surface area contributed by atoms with Crippen molar-refractivity contribution in [3.63, 3.8) is 0 Å². The quantitative estimate of drug-likeness (QED) is 0.183. The standard InChI is InChI=1S/C32H24F6N4O4S2/c1-40(2)17-13-11-16(12-14-17)23-24-25(28(45)42(27(24)44)21-10-6-4-8-19(21)32(36,37)38)47-29-26(23)48-30(46)41(29)15-22(43)39-20-9-5-3-7-18(20)31(33,34)35/h3-14,23-25H,15H2,1-2H3,(H,39,43). The minimum Gasteiger partial charge on any atom is -0.378 e. The van der Waals surface area contributed by atoms with Crippen LogP contribution in [-0.2, 0) is 33.3 Å². The molecule has 0 spiro atoms. The number of thiazole rings is 1. The number of nitrogens with one attached hydrogen (secondary N) is 1. The fourth-order valence-electron chi connectivity index (χ4n) is 5.91. The van der Waals surface area contributed by atoms with Gasteiger partial charge in [-0.25, -0.2) is 4.90 Å². The average molecular weight is 707 g/mol. The number of carbonyl (C=O) groups is 3. The van der Waals surface area contributed by atoms with Gasteiger partial charge < -0.3 is 10.2 Å². The summed E-state index contributed by atoms with van der Waals surface area (Å²) in [5.74, 6) is -4.94. The van der Waals surface area contributed by atoms with Gasteiger partial charge in [-0.05, 0) is 42.0 Å². The first-order chi connectivity index (χ1) is 22.6. The maximum Gasteiger partial charge on any atom is 0.418 e. The molecule has 250 valence electrons. The number of benzene rings is 3. The molecule has 3 heterocycles. The van der Waals surface area contributed by atoms with Crippen molar-refractivity contribution in [2.45, 2.75) is 35.1 Å². The zero-order valence-electron chi connectivity index (χ0n) is 24.9. The highest BCUT2D eigenvalue weighted by molar-refractivity contribution is 8.00. The Bertz CT molecular complexity index is 1990. The molecule has 3 amide bonds. The number of alkyl halides is 6. The molecule has 3 atom stereocenters. The number of hydrogen-bond donors (Lipinski definition) is 1. The molecule has 1 saturated heterocycles. The fraction of sp³-hybridized carbons (Fsp3) is 0.250. The summed E-state index contributed by atoms with van der Waals surface area (Å²) in [5, 5.41) is 1.04. The molecule has 1 fully saturated rings. The van der Waals surface area contributed by atoms with Gasteiger partial charge in [0.1, 0.15) is 11.8 Å².